The highest BCUT2D eigenvalue weighted by Gasteiger charge is 2.17. The largest absolute Gasteiger partial charge is 0.381 e. The van der Waals surface area contributed by atoms with Crippen LogP contribution in [0.25, 0.3) is 0 Å². The molecule has 0 aromatic heterocycles. The molecule has 3 heteroatoms. The summed E-state index contributed by atoms with van der Waals surface area (Å²) < 4.78 is 11.2. The van der Waals surface area contributed by atoms with E-state index in [9.17, 15) is 0 Å². The molecular weight excluding hydrogens is 214 g/mol. The van der Waals surface area contributed by atoms with Crippen molar-refractivity contribution in [1.29, 1.82) is 0 Å². The average molecular weight is 243 g/mol. The zero-order valence-corrected chi connectivity index (χ0v) is 11.9. The minimum atomic E-state index is 0.219. The third kappa shape index (κ3) is 6.39. The predicted octanol–water partition coefficient (Wildman–Crippen LogP) is 2.60. The monoisotopic (exact) mass is 243 g/mol. The number of ether oxygens (including phenoxy) is 2. The van der Waals surface area contributed by atoms with E-state index < -0.39 is 0 Å². The zero-order valence-electron chi connectivity index (χ0n) is 11.9. The Morgan fingerprint density at radius 2 is 2.00 bits per heavy atom. The second kappa shape index (κ2) is 7.34. The van der Waals surface area contributed by atoms with Gasteiger partial charge in [-0.05, 0) is 46.0 Å². The van der Waals surface area contributed by atoms with Crippen LogP contribution in [0.1, 0.15) is 47.0 Å². The molecule has 1 atom stereocenters. The Bertz CT molecular complexity index is 200. The second-order valence-electron chi connectivity index (χ2n) is 5.82. The smallest absolute Gasteiger partial charge is 0.0671 e. The maximum atomic E-state index is 5.90. The molecule has 0 aromatic rings. The number of hydrogen-bond donors (Lipinski definition) is 1. The van der Waals surface area contributed by atoms with Crippen molar-refractivity contribution in [1.82, 2.24) is 5.32 Å². The lowest BCUT2D eigenvalue weighted by Crippen LogP contribution is -2.43. The summed E-state index contributed by atoms with van der Waals surface area (Å²) in [5.41, 5.74) is 0.219. The standard InChI is InChI=1S/C14H29NO2/c1-5-14(3,4)15-10-12(2)17-11-13-6-8-16-9-7-13/h12-13,15H,5-11H2,1-4H3. The van der Waals surface area contributed by atoms with E-state index in [0.717, 1.165) is 45.6 Å². The Morgan fingerprint density at radius 3 is 2.59 bits per heavy atom. The van der Waals surface area contributed by atoms with Crippen molar-refractivity contribution in [3.05, 3.63) is 0 Å². The Labute approximate surface area is 106 Å². The first-order valence-corrected chi connectivity index (χ1v) is 6.98. The van der Waals surface area contributed by atoms with Crippen LogP contribution >= 0.6 is 0 Å². The summed E-state index contributed by atoms with van der Waals surface area (Å²) in [6.07, 6.45) is 3.74. The van der Waals surface area contributed by atoms with Gasteiger partial charge in [0.1, 0.15) is 0 Å². The van der Waals surface area contributed by atoms with Gasteiger partial charge in [-0.2, -0.15) is 0 Å². The summed E-state index contributed by atoms with van der Waals surface area (Å²) in [6.45, 7) is 12.5. The Balaban J connectivity index is 2.10. The fraction of sp³-hybridized carbons (Fsp3) is 1.00. The molecule has 1 fully saturated rings. The van der Waals surface area contributed by atoms with Crippen LogP contribution in [0.3, 0.4) is 0 Å². The van der Waals surface area contributed by atoms with Crippen molar-refractivity contribution in [2.75, 3.05) is 26.4 Å². The number of nitrogens with one attached hydrogen (secondary N) is 1. The van der Waals surface area contributed by atoms with E-state index >= 15 is 0 Å². The maximum absolute atomic E-state index is 5.90. The van der Waals surface area contributed by atoms with E-state index in [0.29, 0.717) is 12.0 Å². The maximum Gasteiger partial charge on any atom is 0.0671 e. The van der Waals surface area contributed by atoms with Gasteiger partial charge in [0.05, 0.1) is 6.10 Å². The summed E-state index contributed by atoms with van der Waals surface area (Å²) in [6, 6.07) is 0. The number of hydrogen-bond acceptors (Lipinski definition) is 3. The molecule has 1 aliphatic heterocycles. The van der Waals surface area contributed by atoms with Crippen molar-refractivity contribution < 1.29 is 9.47 Å². The Hall–Kier alpha value is -0.120. The minimum Gasteiger partial charge on any atom is -0.381 e. The summed E-state index contributed by atoms with van der Waals surface area (Å²) >= 11 is 0. The van der Waals surface area contributed by atoms with Gasteiger partial charge in [0, 0.05) is 31.9 Å². The van der Waals surface area contributed by atoms with Gasteiger partial charge in [-0.15, -0.1) is 0 Å². The lowest BCUT2D eigenvalue weighted by Gasteiger charge is -2.28. The van der Waals surface area contributed by atoms with Gasteiger partial charge in [-0.3, -0.25) is 0 Å². The molecule has 1 unspecified atom stereocenters. The van der Waals surface area contributed by atoms with Crippen LogP contribution in [0.2, 0.25) is 0 Å². The van der Waals surface area contributed by atoms with E-state index in [2.05, 4.69) is 33.0 Å². The van der Waals surface area contributed by atoms with Gasteiger partial charge in [0.25, 0.3) is 0 Å². The first kappa shape index (κ1) is 14.9. The van der Waals surface area contributed by atoms with Crippen molar-refractivity contribution in [2.24, 2.45) is 5.92 Å². The van der Waals surface area contributed by atoms with Gasteiger partial charge in [-0.25, -0.2) is 0 Å². The molecule has 0 saturated carbocycles. The molecule has 1 heterocycles. The summed E-state index contributed by atoms with van der Waals surface area (Å²) in [5, 5.41) is 3.55. The molecule has 0 aromatic carbocycles. The zero-order chi connectivity index (χ0) is 12.7. The molecule has 0 aliphatic carbocycles. The predicted molar refractivity (Wildman–Crippen MR) is 71.3 cm³/mol. The second-order valence-corrected chi connectivity index (χ2v) is 5.82. The SMILES string of the molecule is CCC(C)(C)NCC(C)OCC1CCOCC1. The Morgan fingerprint density at radius 1 is 1.35 bits per heavy atom. The summed E-state index contributed by atoms with van der Waals surface area (Å²) in [7, 11) is 0. The summed E-state index contributed by atoms with van der Waals surface area (Å²) in [4.78, 5) is 0. The van der Waals surface area contributed by atoms with Crippen molar-refractivity contribution >= 4 is 0 Å². The molecule has 0 amide bonds. The van der Waals surface area contributed by atoms with Gasteiger partial charge < -0.3 is 14.8 Å². The van der Waals surface area contributed by atoms with Crippen LogP contribution in [0.15, 0.2) is 0 Å². The van der Waals surface area contributed by atoms with E-state index in [4.69, 9.17) is 9.47 Å². The van der Waals surface area contributed by atoms with Crippen LogP contribution in [0.4, 0.5) is 0 Å². The molecule has 1 aliphatic rings. The molecule has 1 rings (SSSR count). The fourth-order valence-electron chi connectivity index (χ4n) is 1.82. The van der Waals surface area contributed by atoms with E-state index in [1.807, 2.05) is 0 Å². The van der Waals surface area contributed by atoms with Gasteiger partial charge in [-0.1, -0.05) is 6.92 Å². The third-order valence-corrected chi connectivity index (χ3v) is 3.71. The van der Waals surface area contributed by atoms with E-state index in [-0.39, 0.29) is 5.54 Å². The highest BCUT2D eigenvalue weighted by Crippen LogP contribution is 2.15. The van der Waals surface area contributed by atoms with E-state index in [1.165, 1.54) is 0 Å². The summed E-state index contributed by atoms with van der Waals surface area (Å²) in [5.74, 6) is 0.699. The van der Waals surface area contributed by atoms with Crippen molar-refractivity contribution in [3.8, 4) is 0 Å². The third-order valence-electron chi connectivity index (χ3n) is 3.71. The Kier molecular flexibility index (Phi) is 6.45. The van der Waals surface area contributed by atoms with Crippen molar-refractivity contribution in [3.63, 3.8) is 0 Å². The molecule has 1 N–H and O–H groups in total. The van der Waals surface area contributed by atoms with Crippen LogP contribution in [-0.2, 0) is 9.47 Å². The van der Waals surface area contributed by atoms with Gasteiger partial charge >= 0.3 is 0 Å². The first-order chi connectivity index (χ1) is 8.03. The lowest BCUT2D eigenvalue weighted by atomic mass is 10.0. The molecule has 17 heavy (non-hydrogen) atoms. The molecule has 0 bridgehead atoms. The first-order valence-electron chi connectivity index (χ1n) is 6.98. The van der Waals surface area contributed by atoms with E-state index in [1.54, 1.807) is 0 Å². The minimum absolute atomic E-state index is 0.219. The molecule has 3 nitrogen and oxygen atoms in total. The number of rotatable bonds is 7. The van der Waals surface area contributed by atoms with Crippen LogP contribution in [0.5, 0.6) is 0 Å². The highest BCUT2D eigenvalue weighted by molar-refractivity contribution is 4.76. The van der Waals surface area contributed by atoms with Crippen molar-refractivity contribution in [2.45, 2.75) is 58.6 Å². The average Bonchev–Trinajstić information content (AvgIpc) is 2.35. The molecule has 0 spiro atoms. The van der Waals surface area contributed by atoms with Crippen LogP contribution < -0.4 is 5.32 Å². The molecule has 1 saturated heterocycles. The molecule has 0 radical (unpaired) electrons. The van der Waals surface area contributed by atoms with Crippen LogP contribution in [0, 0.1) is 5.92 Å². The highest BCUT2D eigenvalue weighted by atomic mass is 16.5. The van der Waals surface area contributed by atoms with Crippen LogP contribution in [-0.4, -0.2) is 38.0 Å². The lowest BCUT2D eigenvalue weighted by molar-refractivity contribution is -0.00609. The normalized spacial score (nSPS) is 20.5. The fourth-order valence-corrected chi connectivity index (χ4v) is 1.82. The molecular formula is C14H29NO2. The van der Waals surface area contributed by atoms with Gasteiger partial charge in [0.15, 0.2) is 0 Å². The molecule has 102 valence electrons. The van der Waals surface area contributed by atoms with Gasteiger partial charge in [0.2, 0.25) is 0 Å². The quantitative estimate of drug-likeness (QED) is 0.745. The topological polar surface area (TPSA) is 30.5 Å².